The van der Waals surface area contributed by atoms with Crippen molar-refractivity contribution in [1.82, 2.24) is 19.3 Å². The Morgan fingerprint density at radius 2 is 2.10 bits per heavy atom. The fraction of sp³-hybridized carbons (Fsp3) is 0.538. The second-order valence-electron chi connectivity index (χ2n) is 5.28. The Morgan fingerprint density at radius 3 is 2.76 bits per heavy atom. The molecule has 0 aliphatic carbocycles. The summed E-state index contributed by atoms with van der Waals surface area (Å²) in [4.78, 5) is 4.32. The topological polar surface area (TPSA) is 88.4 Å². The molecule has 2 rings (SSSR count). The lowest BCUT2D eigenvalue weighted by Gasteiger charge is -2.06. The van der Waals surface area contributed by atoms with Crippen LogP contribution in [0.25, 0.3) is 5.52 Å². The molecule has 116 valence electrons. The number of rotatable bonds is 7. The molecule has 0 atom stereocenters. The minimum Gasteiger partial charge on any atom is -0.368 e. The molecule has 0 amide bonds. The molecule has 0 aliphatic heterocycles. The van der Waals surface area contributed by atoms with Crippen molar-refractivity contribution >= 4 is 21.4 Å². The van der Waals surface area contributed by atoms with Gasteiger partial charge in [0.1, 0.15) is 5.52 Å². The van der Waals surface area contributed by atoms with Gasteiger partial charge in [-0.05, 0) is 18.4 Å². The molecule has 0 spiro atoms. The summed E-state index contributed by atoms with van der Waals surface area (Å²) in [6.07, 6.45) is 5.35. The lowest BCUT2D eigenvalue weighted by molar-refractivity contribution is 0.586. The van der Waals surface area contributed by atoms with Crippen LogP contribution in [0.15, 0.2) is 18.5 Å². The van der Waals surface area contributed by atoms with E-state index < -0.39 is 10.0 Å². The normalized spacial score (nSPS) is 12.2. The van der Waals surface area contributed by atoms with Gasteiger partial charge in [0.25, 0.3) is 0 Å². The van der Waals surface area contributed by atoms with Gasteiger partial charge in [-0.2, -0.15) is 5.10 Å². The van der Waals surface area contributed by atoms with E-state index in [1.54, 1.807) is 10.7 Å². The molecule has 21 heavy (non-hydrogen) atoms. The Bertz CT molecular complexity index is 708. The summed E-state index contributed by atoms with van der Waals surface area (Å²) in [5.41, 5.74) is 1.95. The average Bonchev–Trinajstić information content (AvgIpc) is 2.82. The summed E-state index contributed by atoms with van der Waals surface area (Å²) < 4.78 is 26.2. The highest BCUT2D eigenvalue weighted by molar-refractivity contribution is 7.88. The Kier molecular flexibility index (Phi) is 4.79. The highest BCUT2D eigenvalue weighted by atomic mass is 32.2. The Morgan fingerprint density at radius 1 is 1.33 bits per heavy atom. The van der Waals surface area contributed by atoms with Crippen molar-refractivity contribution in [3.05, 3.63) is 24.2 Å². The van der Waals surface area contributed by atoms with Crippen molar-refractivity contribution in [2.24, 2.45) is 0 Å². The Labute approximate surface area is 124 Å². The summed E-state index contributed by atoms with van der Waals surface area (Å²) in [5.74, 6) is 1.12. The first-order chi connectivity index (χ1) is 9.87. The van der Waals surface area contributed by atoms with Gasteiger partial charge < -0.3 is 5.32 Å². The van der Waals surface area contributed by atoms with Crippen LogP contribution < -0.4 is 10.0 Å². The minimum atomic E-state index is -3.12. The third-order valence-corrected chi connectivity index (χ3v) is 3.74. The maximum atomic E-state index is 11.0. The fourth-order valence-electron chi connectivity index (χ4n) is 1.91. The van der Waals surface area contributed by atoms with E-state index in [0.717, 1.165) is 23.3 Å². The first-order valence-corrected chi connectivity index (χ1v) is 8.79. The van der Waals surface area contributed by atoms with Crippen LogP contribution in [0.1, 0.15) is 31.9 Å². The highest BCUT2D eigenvalue weighted by Gasteiger charge is 2.09. The number of hydrogen-bond donors (Lipinski definition) is 2. The van der Waals surface area contributed by atoms with Gasteiger partial charge >= 0.3 is 0 Å². The smallest absolute Gasteiger partial charge is 0.208 e. The quantitative estimate of drug-likeness (QED) is 0.750. The number of aromatic nitrogens is 3. The molecule has 0 radical (unpaired) electrons. The summed E-state index contributed by atoms with van der Waals surface area (Å²) >= 11 is 0. The van der Waals surface area contributed by atoms with E-state index in [4.69, 9.17) is 0 Å². The van der Waals surface area contributed by atoms with E-state index in [0.29, 0.717) is 25.4 Å². The predicted molar refractivity (Wildman–Crippen MR) is 83.0 cm³/mol. The monoisotopic (exact) mass is 311 g/mol. The van der Waals surface area contributed by atoms with E-state index in [9.17, 15) is 8.42 Å². The van der Waals surface area contributed by atoms with Crippen molar-refractivity contribution in [3.8, 4) is 0 Å². The standard InChI is InChI=1S/C13H21N5O2S/c1-10(2)11-9-12-13(15-7-8-18(12)17-11)14-5-4-6-16-21(3,19)20/h7-10,16H,4-6H2,1-3H3,(H,14,15). The molecule has 0 aromatic carbocycles. The van der Waals surface area contributed by atoms with Crippen LogP contribution in [0, 0.1) is 0 Å². The van der Waals surface area contributed by atoms with Gasteiger partial charge in [0.2, 0.25) is 10.0 Å². The molecule has 7 nitrogen and oxygen atoms in total. The van der Waals surface area contributed by atoms with Crippen molar-refractivity contribution in [2.45, 2.75) is 26.2 Å². The third kappa shape index (κ3) is 4.40. The van der Waals surface area contributed by atoms with Crippen LogP contribution in [0.4, 0.5) is 5.82 Å². The molecule has 2 heterocycles. The van der Waals surface area contributed by atoms with Gasteiger partial charge in [0, 0.05) is 25.5 Å². The van der Waals surface area contributed by atoms with E-state index in [1.165, 1.54) is 0 Å². The maximum absolute atomic E-state index is 11.0. The van der Waals surface area contributed by atoms with E-state index >= 15 is 0 Å². The third-order valence-electron chi connectivity index (χ3n) is 3.01. The SMILES string of the molecule is CC(C)c1cc2c(NCCCNS(C)(=O)=O)nccn2n1. The van der Waals surface area contributed by atoms with E-state index in [-0.39, 0.29) is 0 Å². The van der Waals surface area contributed by atoms with Gasteiger partial charge in [0.05, 0.1) is 11.9 Å². The van der Waals surface area contributed by atoms with Crippen LogP contribution in [0.3, 0.4) is 0 Å². The van der Waals surface area contributed by atoms with Crippen molar-refractivity contribution in [2.75, 3.05) is 24.7 Å². The summed E-state index contributed by atoms with van der Waals surface area (Å²) in [6, 6.07) is 2.02. The van der Waals surface area contributed by atoms with Crippen LogP contribution in [-0.2, 0) is 10.0 Å². The molecule has 0 aliphatic rings. The van der Waals surface area contributed by atoms with Crippen molar-refractivity contribution in [3.63, 3.8) is 0 Å². The predicted octanol–water partition coefficient (Wildman–Crippen LogP) is 1.20. The summed E-state index contributed by atoms with van der Waals surface area (Å²) in [7, 11) is -3.12. The van der Waals surface area contributed by atoms with Crippen molar-refractivity contribution < 1.29 is 8.42 Å². The number of nitrogens with zero attached hydrogens (tertiary/aromatic N) is 3. The molecule has 0 bridgehead atoms. The largest absolute Gasteiger partial charge is 0.368 e. The van der Waals surface area contributed by atoms with Gasteiger partial charge in [-0.15, -0.1) is 0 Å². The minimum absolute atomic E-state index is 0.358. The molecule has 2 aromatic heterocycles. The van der Waals surface area contributed by atoms with Crippen LogP contribution >= 0.6 is 0 Å². The number of fused-ring (bicyclic) bond motifs is 1. The van der Waals surface area contributed by atoms with Crippen LogP contribution in [0.5, 0.6) is 0 Å². The fourth-order valence-corrected chi connectivity index (χ4v) is 2.43. The number of sulfonamides is 1. The molecule has 2 N–H and O–H groups in total. The van der Waals surface area contributed by atoms with Gasteiger partial charge in [-0.3, -0.25) is 0 Å². The molecule has 0 saturated carbocycles. The number of hydrogen-bond acceptors (Lipinski definition) is 5. The second-order valence-corrected chi connectivity index (χ2v) is 7.11. The summed E-state index contributed by atoms with van der Waals surface area (Å²) in [6.45, 7) is 5.24. The lowest BCUT2D eigenvalue weighted by Crippen LogP contribution is -2.24. The second kappa shape index (κ2) is 6.40. The summed E-state index contributed by atoms with van der Waals surface area (Å²) in [5, 5.41) is 7.71. The Hall–Kier alpha value is -1.67. The maximum Gasteiger partial charge on any atom is 0.208 e. The molecule has 0 saturated heterocycles. The van der Waals surface area contributed by atoms with Crippen molar-refractivity contribution in [1.29, 1.82) is 0 Å². The molecule has 2 aromatic rings. The van der Waals surface area contributed by atoms with Gasteiger partial charge in [0.15, 0.2) is 5.82 Å². The lowest BCUT2D eigenvalue weighted by atomic mass is 10.1. The number of nitrogens with one attached hydrogen (secondary N) is 2. The van der Waals surface area contributed by atoms with Crippen LogP contribution in [-0.4, -0.2) is 42.4 Å². The molecular formula is C13H21N5O2S. The average molecular weight is 311 g/mol. The van der Waals surface area contributed by atoms with E-state index in [2.05, 4.69) is 34.0 Å². The molecular weight excluding hydrogens is 290 g/mol. The number of anilines is 1. The Balaban J connectivity index is 1.99. The molecule has 8 heteroatoms. The van der Waals surface area contributed by atoms with Gasteiger partial charge in [-0.1, -0.05) is 13.8 Å². The first-order valence-electron chi connectivity index (χ1n) is 6.89. The van der Waals surface area contributed by atoms with Crippen LogP contribution in [0.2, 0.25) is 0 Å². The molecule has 0 fully saturated rings. The highest BCUT2D eigenvalue weighted by Crippen LogP contribution is 2.19. The zero-order chi connectivity index (χ0) is 15.5. The molecule has 0 unspecified atom stereocenters. The first kappa shape index (κ1) is 15.7. The van der Waals surface area contributed by atoms with E-state index in [1.807, 2.05) is 12.3 Å². The zero-order valence-corrected chi connectivity index (χ0v) is 13.3. The zero-order valence-electron chi connectivity index (χ0n) is 12.5. The van der Waals surface area contributed by atoms with Gasteiger partial charge in [-0.25, -0.2) is 22.6 Å².